The lowest BCUT2D eigenvalue weighted by Gasteiger charge is -2.32. The van der Waals surface area contributed by atoms with Crippen LogP contribution < -0.4 is 14.4 Å². The van der Waals surface area contributed by atoms with Crippen molar-refractivity contribution in [3.63, 3.8) is 0 Å². The van der Waals surface area contributed by atoms with E-state index in [0.29, 0.717) is 18.0 Å². The van der Waals surface area contributed by atoms with Gasteiger partial charge in [-0.15, -0.1) is 0 Å². The van der Waals surface area contributed by atoms with E-state index < -0.39 is 28.5 Å². The third-order valence-electron chi connectivity index (χ3n) is 7.67. The lowest BCUT2D eigenvalue weighted by atomic mass is 10.1. The van der Waals surface area contributed by atoms with Crippen LogP contribution in [0.4, 0.5) is 5.69 Å². The number of anilines is 1. The molecule has 1 aliphatic rings. The maximum atomic E-state index is 14.1. The largest absolute Gasteiger partial charge is 0.494 e. The summed E-state index contributed by atoms with van der Waals surface area (Å²) in [6, 6.07) is 20.2. The molecule has 4 rings (SSSR count). The molecule has 1 atom stereocenters. The van der Waals surface area contributed by atoms with E-state index in [1.165, 1.54) is 4.90 Å². The fourth-order valence-corrected chi connectivity index (χ4v) is 6.52. The molecular weight excluding hydrogens is 550 g/mol. The third kappa shape index (κ3) is 7.70. The first kappa shape index (κ1) is 31.1. The second kappa shape index (κ2) is 13.9. The van der Waals surface area contributed by atoms with Crippen LogP contribution in [-0.2, 0) is 26.2 Å². The zero-order chi connectivity index (χ0) is 30.3. The molecule has 9 heteroatoms. The number of hydrogen-bond donors (Lipinski definition) is 1. The third-order valence-corrected chi connectivity index (χ3v) is 9.45. The summed E-state index contributed by atoms with van der Waals surface area (Å²) in [7, 11) is -4.12. The summed E-state index contributed by atoms with van der Waals surface area (Å²) >= 11 is 0. The minimum absolute atomic E-state index is 0.0758. The summed E-state index contributed by atoms with van der Waals surface area (Å²) in [5.41, 5.74) is 3.17. The molecule has 0 unspecified atom stereocenters. The Bertz CT molecular complexity index is 1450. The summed E-state index contributed by atoms with van der Waals surface area (Å²) in [5.74, 6) is -0.121. The Hall–Kier alpha value is -3.85. The van der Waals surface area contributed by atoms with Crippen LogP contribution >= 0.6 is 0 Å². The average Bonchev–Trinajstić information content (AvgIpc) is 3.49. The van der Waals surface area contributed by atoms with Crippen molar-refractivity contribution < 1.29 is 22.7 Å². The number of amides is 2. The molecule has 3 aromatic rings. The van der Waals surface area contributed by atoms with E-state index in [-0.39, 0.29) is 23.4 Å². The SMILES string of the molecule is CCOc1ccc(N(CC(=O)N(Cc2ccc(C)cc2)[C@H](C)C(=O)NC2CCCC2)S(=O)(=O)c2ccc(C)cc2)cc1. The van der Waals surface area contributed by atoms with Crippen LogP contribution in [0.3, 0.4) is 0 Å². The molecule has 42 heavy (non-hydrogen) atoms. The fourth-order valence-electron chi connectivity index (χ4n) is 5.11. The number of carbonyl (C=O) groups is 2. The number of ether oxygens (including phenoxy) is 1. The van der Waals surface area contributed by atoms with Gasteiger partial charge in [-0.1, -0.05) is 60.4 Å². The molecule has 3 aromatic carbocycles. The van der Waals surface area contributed by atoms with E-state index in [9.17, 15) is 18.0 Å². The first-order chi connectivity index (χ1) is 20.1. The Morgan fingerprint density at radius 1 is 0.905 bits per heavy atom. The normalized spacial score (nSPS) is 14.3. The van der Waals surface area contributed by atoms with Crippen LogP contribution in [0, 0.1) is 13.8 Å². The van der Waals surface area contributed by atoms with Gasteiger partial charge in [0.1, 0.15) is 18.3 Å². The van der Waals surface area contributed by atoms with Crippen molar-refractivity contribution in [3.05, 3.63) is 89.5 Å². The molecule has 0 aromatic heterocycles. The maximum absolute atomic E-state index is 14.1. The maximum Gasteiger partial charge on any atom is 0.264 e. The van der Waals surface area contributed by atoms with Crippen molar-refractivity contribution in [2.75, 3.05) is 17.5 Å². The van der Waals surface area contributed by atoms with E-state index in [2.05, 4.69) is 5.32 Å². The average molecular weight is 592 g/mol. The lowest BCUT2D eigenvalue weighted by molar-refractivity contribution is -0.139. The molecular formula is C33H41N3O5S. The van der Waals surface area contributed by atoms with E-state index >= 15 is 0 Å². The molecule has 224 valence electrons. The molecule has 0 bridgehead atoms. The van der Waals surface area contributed by atoms with Crippen molar-refractivity contribution >= 4 is 27.5 Å². The number of nitrogens with zero attached hydrogens (tertiary/aromatic N) is 2. The molecule has 0 radical (unpaired) electrons. The summed E-state index contributed by atoms with van der Waals surface area (Å²) in [4.78, 5) is 29.0. The van der Waals surface area contributed by atoms with E-state index in [4.69, 9.17) is 4.74 Å². The van der Waals surface area contributed by atoms with Gasteiger partial charge in [-0.3, -0.25) is 13.9 Å². The number of benzene rings is 3. The molecule has 0 aliphatic heterocycles. The van der Waals surface area contributed by atoms with E-state index in [1.807, 2.05) is 45.0 Å². The highest BCUT2D eigenvalue weighted by atomic mass is 32.2. The van der Waals surface area contributed by atoms with Gasteiger partial charge in [-0.05, 0) is 82.5 Å². The first-order valence-electron chi connectivity index (χ1n) is 14.6. The molecule has 1 fully saturated rings. The number of carbonyl (C=O) groups excluding carboxylic acids is 2. The first-order valence-corrected chi connectivity index (χ1v) is 16.0. The summed E-state index contributed by atoms with van der Waals surface area (Å²) in [5, 5.41) is 3.09. The quantitative estimate of drug-likeness (QED) is 0.305. The van der Waals surface area contributed by atoms with Crippen molar-refractivity contribution in [1.29, 1.82) is 0 Å². The Labute approximate surface area is 249 Å². The molecule has 1 aliphatic carbocycles. The Morgan fingerprint density at radius 2 is 1.48 bits per heavy atom. The van der Waals surface area contributed by atoms with Gasteiger partial charge in [0.05, 0.1) is 17.2 Å². The topological polar surface area (TPSA) is 96.0 Å². The molecule has 2 amide bonds. The highest BCUT2D eigenvalue weighted by molar-refractivity contribution is 7.92. The van der Waals surface area contributed by atoms with Gasteiger partial charge in [0.2, 0.25) is 11.8 Å². The smallest absolute Gasteiger partial charge is 0.264 e. The van der Waals surface area contributed by atoms with Gasteiger partial charge in [-0.25, -0.2) is 8.42 Å². The molecule has 1 N–H and O–H groups in total. The molecule has 0 spiro atoms. The summed E-state index contributed by atoms with van der Waals surface area (Å²) in [6.07, 6.45) is 3.98. The summed E-state index contributed by atoms with van der Waals surface area (Å²) < 4.78 is 34.6. The molecule has 0 heterocycles. The monoisotopic (exact) mass is 591 g/mol. The fraction of sp³-hybridized carbons (Fsp3) is 0.394. The Morgan fingerprint density at radius 3 is 2.05 bits per heavy atom. The highest BCUT2D eigenvalue weighted by Crippen LogP contribution is 2.27. The van der Waals surface area contributed by atoms with Crippen LogP contribution in [0.1, 0.15) is 56.2 Å². The van der Waals surface area contributed by atoms with Gasteiger partial charge in [0, 0.05) is 12.6 Å². The predicted molar refractivity (Wildman–Crippen MR) is 165 cm³/mol. The number of rotatable bonds is 12. The van der Waals surface area contributed by atoms with E-state index in [0.717, 1.165) is 46.7 Å². The standard InChI is InChI=1S/C33H41N3O5S/c1-5-41-30-18-16-29(17-19-30)36(42(39,40)31-20-12-25(3)13-21-31)23-32(37)35(22-27-14-10-24(2)11-15-27)26(4)33(38)34-28-8-6-7-9-28/h10-21,26,28H,5-9,22-23H2,1-4H3,(H,34,38)/t26-/m1/s1. The minimum atomic E-state index is -4.12. The zero-order valence-corrected chi connectivity index (χ0v) is 25.7. The zero-order valence-electron chi connectivity index (χ0n) is 24.9. The molecule has 0 saturated heterocycles. The van der Waals surface area contributed by atoms with Gasteiger partial charge in [-0.2, -0.15) is 0 Å². The lowest BCUT2D eigenvalue weighted by Crippen LogP contribution is -2.52. The summed E-state index contributed by atoms with van der Waals surface area (Å²) in [6.45, 7) is 7.59. The number of aryl methyl sites for hydroxylation is 2. The van der Waals surface area contributed by atoms with Crippen molar-refractivity contribution in [3.8, 4) is 5.75 Å². The van der Waals surface area contributed by atoms with Crippen molar-refractivity contribution in [2.24, 2.45) is 0 Å². The van der Waals surface area contributed by atoms with Crippen LogP contribution in [0.2, 0.25) is 0 Å². The van der Waals surface area contributed by atoms with Gasteiger partial charge in [0.25, 0.3) is 10.0 Å². The van der Waals surface area contributed by atoms with Crippen molar-refractivity contribution in [2.45, 2.75) is 76.9 Å². The van der Waals surface area contributed by atoms with Gasteiger partial charge >= 0.3 is 0 Å². The second-order valence-electron chi connectivity index (χ2n) is 10.9. The molecule has 8 nitrogen and oxygen atoms in total. The van der Waals surface area contributed by atoms with Gasteiger partial charge < -0.3 is 15.0 Å². The highest BCUT2D eigenvalue weighted by Gasteiger charge is 2.33. The van der Waals surface area contributed by atoms with Crippen LogP contribution in [0.5, 0.6) is 5.75 Å². The molecule has 1 saturated carbocycles. The number of nitrogens with one attached hydrogen (secondary N) is 1. The van der Waals surface area contributed by atoms with Gasteiger partial charge in [0.15, 0.2) is 0 Å². The predicted octanol–water partition coefficient (Wildman–Crippen LogP) is 5.37. The van der Waals surface area contributed by atoms with Crippen LogP contribution in [0.25, 0.3) is 0 Å². The number of hydrogen-bond acceptors (Lipinski definition) is 5. The number of sulfonamides is 1. The Balaban J connectivity index is 1.68. The second-order valence-corrected chi connectivity index (χ2v) is 12.8. The van der Waals surface area contributed by atoms with Crippen molar-refractivity contribution in [1.82, 2.24) is 10.2 Å². The Kier molecular flexibility index (Phi) is 10.3. The minimum Gasteiger partial charge on any atom is -0.494 e. The van der Waals surface area contributed by atoms with E-state index in [1.54, 1.807) is 55.5 Å². The van der Waals surface area contributed by atoms with Crippen LogP contribution in [-0.4, -0.2) is 50.4 Å². The van der Waals surface area contributed by atoms with Crippen LogP contribution in [0.15, 0.2) is 77.7 Å².